The van der Waals surface area contributed by atoms with Gasteiger partial charge in [-0.1, -0.05) is 40.0 Å². The maximum Gasteiger partial charge on any atom is 0.0705 e. The molecule has 86 valence electrons. The van der Waals surface area contributed by atoms with E-state index < -0.39 is 6.46 Å². The summed E-state index contributed by atoms with van der Waals surface area (Å²) in [5.41, 5.74) is 0. The summed E-state index contributed by atoms with van der Waals surface area (Å²) >= 11 is 5.03. The predicted molar refractivity (Wildman–Crippen MR) is 75.2 cm³/mol. The molecule has 0 aromatic carbocycles. The summed E-state index contributed by atoms with van der Waals surface area (Å²) in [6.45, 7) is 6.04. The van der Waals surface area contributed by atoms with Gasteiger partial charge in [-0.15, -0.1) is 0 Å². The fourth-order valence-corrected chi connectivity index (χ4v) is 6.35. The zero-order valence-electron chi connectivity index (χ0n) is 10.3. The van der Waals surface area contributed by atoms with Crippen LogP contribution >= 0.6 is 18.7 Å². The van der Waals surface area contributed by atoms with Crippen molar-refractivity contribution in [3.8, 4) is 0 Å². The van der Waals surface area contributed by atoms with E-state index >= 15 is 0 Å². The Morgan fingerprint density at radius 3 is 1.21 bits per heavy atom. The molecule has 0 aromatic rings. The second-order valence-corrected chi connectivity index (χ2v) is 10.4. The normalized spacial score (nSPS) is 12.0. The number of thiol groups is 1. The smallest absolute Gasteiger partial charge is 0.0652 e. The third-order valence-corrected chi connectivity index (χ3v) is 8.03. The molecule has 0 aliphatic rings. The van der Waals surface area contributed by atoms with Gasteiger partial charge >= 0.3 is 0 Å². The van der Waals surface area contributed by atoms with Gasteiger partial charge in [0, 0.05) is 12.2 Å². The van der Waals surface area contributed by atoms with Crippen molar-refractivity contribution >= 4 is 18.7 Å². The SMILES string of the molecule is CCCC[P+](S)(CCCC)CCCC. The van der Waals surface area contributed by atoms with Crippen LogP contribution in [-0.4, -0.2) is 18.5 Å². The summed E-state index contributed by atoms with van der Waals surface area (Å²) in [6, 6.07) is 0. The van der Waals surface area contributed by atoms with Gasteiger partial charge in [0.25, 0.3) is 0 Å². The van der Waals surface area contributed by atoms with Gasteiger partial charge in [-0.25, -0.2) is 0 Å². The Morgan fingerprint density at radius 1 is 0.714 bits per heavy atom. The molecule has 0 rings (SSSR count). The van der Waals surface area contributed by atoms with E-state index in [1.165, 1.54) is 57.0 Å². The van der Waals surface area contributed by atoms with E-state index in [9.17, 15) is 0 Å². The lowest BCUT2D eigenvalue weighted by molar-refractivity contribution is 0.845. The third-order valence-electron chi connectivity index (χ3n) is 2.78. The quantitative estimate of drug-likeness (QED) is 0.409. The molecule has 0 radical (unpaired) electrons. The van der Waals surface area contributed by atoms with Gasteiger partial charge in [-0.3, -0.25) is 0 Å². The monoisotopic (exact) mass is 235 g/mol. The van der Waals surface area contributed by atoms with Gasteiger partial charge in [0.05, 0.1) is 25.0 Å². The molecule has 0 atom stereocenters. The van der Waals surface area contributed by atoms with Crippen LogP contribution in [0, 0.1) is 0 Å². The molecule has 0 aromatic heterocycles. The first-order chi connectivity index (χ1) is 6.68. The largest absolute Gasteiger partial charge is 0.0705 e. The average Bonchev–Trinajstić information content (AvgIpc) is 2.21. The van der Waals surface area contributed by atoms with Gasteiger partial charge in [-0.05, 0) is 19.3 Å². The molecule has 14 heavy (non-hydrogen) atoms. The van der Waals surface area contributed by atoms with Crippen LogP contribution in [0.1, 0.15) is 59.3 Å². The molecular weight excluding hydrogens is 207 g/mol. The highest BCUT2D eigenvalue weighted by Crippen LogP contribution is 2.64. The summed E-state index contributed by atoms with van der Waals surface area (Å²) in [6.07, 6.45) is 12.5. The van der Waals surface area contributed by atoms with Gasteiger partial charge in [0.2, 0.25) is 0 Å². The van der Waals surface area contributed by atoms with Crippen LogP contribution in [0.3, 0.4) is 0 Å². The van der Waals surface area contributed by atoms with Crippen LogP contribution in [-0.2, 0) is 0 Å². The number of hydrogen-bond acceptors (Lipinski definition) is 1. The molecule has 0 amide bonds. The van der Waals surface area contributed by atoms with Crippen LogP contribution in [0.25, 0.3) is 0 Å². The molecule has 0 aliphatic heterocycles. The van der Waals surface area contributed by atoms with Crippen LogP contribution in [0.5, 0.6) is 0 Å². The highest BCUT2D eigenvalue weighted by Gasteiger charge is 2.30. The highest BCUT2D eigenvalue weighted by atomic mass is 32.7. The Balaban J connectivity index is 3.89. The van der Waals surface area contributed by atoms with Gasteiger partial charge in [0.1, 0.15) is 0 Å². The molecule has 0 heterocycles. The van der Waals surface area contributed by atoms with Crippen molar-refractivity contribution in [1.29, 1.82) is 0 Å². The number of unbranched alkanes of at least 4 members (excludes halogenated alkanes) is 3. The summed E-state index contributed by atoms with van der Waals surface area (Å²) in [5, 5.41) is 0. The molecule has 0 spiro atoms. The van der Waals surface area contributed by atoms with Crippen LogP contribution < -0.4 is 0 Å². The summed E-state index contributed by atoms with van der Waals surface area (Å²) in [7, 11) is 0. The fraction of sp³-hybridized carbons (Fsp3) is 1.00. The van der Waals surface area contributed by atoms with Crippen molar-refractivity contribution < 1.29 is 0 Å². The Morgan fingerprint density at radius 2 is 1.00 bits per heavy atom. The van der Waals surface area contributed by atoms with Gasteiger partial charge in [-0.2, -0.15) is 0 Å². The summed E-state index contributed by atoms with van der Waals surface area (Å²) in [5.74, 6) is 0. The van der Waals surface area contributed by atoms with Crippen LogP contribution in [0.4, 0.5) is 0 Å². The molecule has 0 fully saturated rings. The first-order valence-corrected chi connectivity index (χ1v) is 9.77. The number of rotatable bonds is 9. The molecule has 0 aliphatic carbocycles. The Kier molecular flexibility index (Phi) is 9.54. The van der Waals surface area contributed by atoms with Gasteiger partial charge in [0.15, 0.2) is 0 Å². The first-order valence-electron chi connectivity index (χ1n) is 6.27. The molecule has 2 heteroatoms. The highest BCUT2D eigenvalue weighted by molar-refractivity contribution is 8.53. The van der Waals surface area contributed by atoms with Crippen molar-refractivity contribution in [3.05, 3.63) is 0 Å². The summed E-state index contributed by atoms with van der Waals surface area (Å²) < 4.78 is 0. The molecule has 0 unspecified atom stereocenters. The Labute approximate surface area is 96.7 Å². The molecular formula is C12H28PS+. The van der Waals surface area contributed by atoms with Crippen molar-refractivity contribution in [3.63, 3.8) is 0 Å². The lowest BCUT2D eigenvalue weighted by Crippen LogP contribution is -2.03. The Hall–Kier alpha value is 0.780. The lowest BCUT2D eigenvalue weighted by atomic mass is 10.4. The van der Waals surface area contributed by atoms with Crippen molar-refractivity contribution in [1.82, 2.24) is 0 Å². The summed E-state index contributed by atoms with van der Waals surface area (Å²) in [4.78, 5) is 0. The minimum absolute atomic E-state index is 0.824. The minimum atomic E-state index is -0.824. The van der Waals surface area contributed by atoms with Crippen LogP contribution in [0.15, 0.2) is 0 Å². The lowest BCUT2D eigenvalue weighted by Gasteiger charge is -2.20. The first kappa shape index (κ1) is 14.8. The maximum atomic E-state index is 5.03. The van der Waals surface area contributed by atoms with Crippen molar-refractivity contribution in [2.75, 3.05) is 18.5 Å². The van der Waals surface area contributed by atoms with E-state index in [4.69, 9.17) is 12.2 Å². The predicted octanol–water partition coefficient (Wildman–Crippen LogP) is 5.25. The zero-order valence-corrected chi connectivity index (χ0v) is 12.0. The number of hydrogen-bond donors (Lipinski definition) is 1. The van der Waals surface area contributed by atoms with E-state index in [1.807, 2.05) is 0 Å². The molecule has 0 saturated heterocycles. The fourth-order valence-electron chi connectivity index (χ4n) is 1.69. The van der Waals surface area contributed by atoms with E-state index in [0.29, 0.717) is 0 Å². The average molecular weight is 235 g/mol. The molecule has 0 saturated carbocycles. The van der Waals surface area contributed by atoms with Crippen LogP contribution in [0.2, 0.25) is 0 Å². The molecule has 0 nitrogen and oxygen atoms in total. The topological polar surface area (TPSA) is 0 Å². The van der Waals surface area contributed by atoms with Gasteiger partial charge < -0.3 is 0 Å². The second-order valence-electron chi connectivity index (χ2n) is 4.33. The standard InChI is InChI=1S/C12H28PS/c1-4-7-10-13(14,11-8-5-2)12-9-6-3/h14H,4-12H2,1-3H3/q+1. The zero-order chi connectivity index (χ0) is 10.9. The Bertz CT molecular complexity index is 104. The third kappa shape index (κ3) is 7.12. The molecule has 0 bridgehead atoms. The van der Waals surface area contributed by atoms with E-state index in [2.05, 4.69) is 20.8 Å². The van der Waals surface area contributed by atoms with E-state index in [-0.39, 0.29) is 0 Å². The maximum absolute atomic E-state index is 5.03. The van der Waals surface area contributed by atoms with E-state index in [1.54, 1.807) is 0 Å². The van der Waals surface area contributed by atoms with E-state index in [0.717, 1.165) is 0 Å². The van der Waals surface area contributed by atoms with Crippen molar-refractivity contribution in [2.24, 2.45) is 0 Å². The van der Waals surface area contributed by atoms with Crippen molar-refractivity contribution in [2.45, 2.75) is 59.3 Å². The second kappa shape index (κ2) is 9.04. The minimum Gasteiger partial charge on any atom is -0.0652 e. The molecule has 0 N–H and O–H groups in total.